The first-order valence-electron chi connectivity index (χ1n) is 5.39. The van der Waals surface area contributed by atoms with Crippen molar-refractivity contribution in [3.8, 4) is 0 Å². The number of allylic oxidation sites excluding steroid dienone is 1. The van der Waals surface area contributed by atoms with Crippen LogP contribution in [0.2, 0.25) is 0 Å². The standard InChI is InChI=1S/C12H22O3/c1-6-14-10(9-12(3,4)5)8-11(13)15-7-2/h8H,6-7,9H2,1-5H3. The topological polar surface area (TPSA) is 35.5 Å². The Morgan fingerprint density at radius 3 is 2.07 bits per heavy atom. The predicted molar refractivity (Wildman–Crippen MR) is 60.4 cm³/mol. The van der Waals surface area contributed by atoms with Crippen LogP contribution in [-0.2, 0) is 14.3 Å². The van der Waals surface area contributed by atoms with Crippen LogP contribution in [-0.4, -0.2) is 19.2 Å². The minimum absolute atomic E-state index is 0.105. The van der Waals surface area contributed by atoms with Gasteiger partial charge in [-0.1, -0.05) is 20.8 Å². The Morgan fingerprint density at radius 2 is 1.67 bits per heavy atom. The number of ether oxygens (including phenoxy) is 2. The minimum Gasteiger partial charge on any atom is -0.498 e. The van der Waals surface area contributed by atoms with Gasteiger partial charge in [-0.15, -0.1) is 0 Å². The Hall–Kier alpha value is -0.990. The highest BCUT2D eigenvalue weighted by molar-refractivity contribution is 5.82. The molecule has 15 heavy (non-hydrogen) atoms. The van der Waals surface area contributed by atoms with E-state index in [9.17, 15) is 4.79 Å². The van der Waals surface area contributed by atoms with Gasteiger partial charge < -0.3 is 9.47 Å². The summed E-state index contributed by atoms with van der Waals surface area (Å²) in [6, 6.07) is 0. The second-order valence-electron chi connectivity index (χ2n) is 4.53. The van der Waals surface area contributed by atoms with Crippen LogP contribution in [0.15, 0.2) is 11.8 Å². The van der Waals surface area contributed by atoms with Gasteiger partial charge in [0.15, 0.2) is 0 Å². The van der Waals surface area contributed by atoms with Gasteiger partial charge in [-0.05, 0) is 19.3 Å². The summed E-state index contributed by atoms with van der Waals surface area (Å²) in [5.74, 6) is 0.369. The highest BCUT2D eigenvalue weighted by Gasteiger charge is 2.15. The lowest BCUT2D eigenvalue weighted by atomic mass is 9.91. The Kier molecular flexibility index (Phi) is 6.06. The zero-order chi connectivity index (χ0) is 11.9. The van der Waals surface area contributed by atoms with Crippen molar-refractivity contribution in [2.45, 2.75) is 41.0 Å². The van der Waals surface area contributed by atoms with Crippen molar-refractivity contribution in [3.63, 3.8) is 0 Å². The molecule has 0 saturated carbocycles. The smallest absolute Gasteiger partial charge is 0.334 e. The Bertz CT molecular complexity index is 224. The van der Waals surface area contributed by atoms with Gasteiger partial charge in [-0.25, -0.2) is 4.79 Å². The van der Waals surface area contributed by atoms with E-state index in [0.717, 1.165) is 6.42 Å². The van der Waals surface area contributed by atoms with Crippen molar-refractivity contribution in [2.24, 2.45) is 5.41 Å². The number of carbonyl (C=O) groups excluding carboxylic acids is 1. The van der Waals surface area contributed by atoms with Gasteiger partial charge in [0.25, 0.3) is 0 Å². The fourth-order valence-electron chi connectivity index (χ4n) is 1.17. The normalized spacial score (nSPS) is 12.5. The van der Waals surface area contributed by atoms with Crippen LogP contribution >= 0.6 is 0 Å². The molecule has 0 rings (SSSR count). The summed E-state index contributed by atoms with van der Waals surface area (Å²) in [6.45, 7) is 11.0. The molecule has 0 amide bonds. The maximum Gasteiger partial charge on any atom is 0.334 e. The zero-order valence-corrected chi connectivity index (χ0v) is 10.4. The lowest BCUT2D eigenvalue weighted by Crippen LogP contribution is -2.10. The fraction of sp³-hybridized carbons (Fsp3) is 0.750. The van der Waals surface area contributed by atoms with E-state index in [1.807, 2.05) is 6.92 Å². The molecule has 3 heteroatoms. The van der Waals surface area contributed by atoms with Gasteiger partial charge >= 0.3 is 5.97 Å². The van der Waals surface area contributed by atoms with Crippen LogP contribution < -0.4 is 0 Å². The van der Waals surface area contributed by atoms with Crippen LogP contribution in [0.3, 0.4) is 0 Å². The molecule has 0 heterocycles. The highest BCUT2D eigenvalue weighted by atomic mass is 16.5. The third-order valence-corrected chi connectivity index (χ3v) is 1.60. The van der Waals surface area contributed by atoms with Crippen LogP contribution in [0.5, 0.6) is 0 Å². The van der Waals surface area contributed by atoms with E-state index in [-0.39, 0.29) is 11.4 Å². The molecule has 0 atom stereocenters. The molecule has 0 bridgehead atoms. The molecule has 88 valence electrons. The molecule has 0 aliphatic heterocycles. The van der Waals surface area contributed by atoms with Gasteiger partial charge in [-0.3, -0.25) is 0 Å². The number of hydrogen-bond acceptors (Lipinski definition) is 3. The van der Waals surface area contributed by atoms with E-state index in [1.165, 1.54) is 6.08 Å². The first-order valence-corrected chi connectivity index (χ1v) is 5.39. The van der Waals surface area contributed by atoms with Crippen molar-refractivity contribution in [3.05, 3.63) is 11.8 Å². The summed E-state index contributed by atoms with van der Waals surface area (Å²) in [5.41, 5.74) is 0.105. The van der Waals surface area contributed by atoms with Gasteiger partial charge in [0.1, 0.15) is 5.76 Å². The van der Waals surface area contributed by atoms with E-state index >= 15 is 0 Å². The molecule has 0 fully saturated rings. The summed E-state index contributed by atoms with van der Waals surface area (Å²) in [5, 5.41) is 0. The molecule has 0 N–H and O–H groups in total. The molecule has 0 saturated heterocycles. The average Bonchev–Trinajstić information content (AvgIpc) is 2.01. The summed E-state index contributed by atoms with van der Waals surface area (Å²) in [4.78, 5) is 11.2. The third-order valence-electron chi connectivity index (χ3n) is 1.60. The molecule has 0 aliphatic rings. The van der Waals surface area contributed by atoms with Gasteiger partial charge in [0.2, 0.25) is 0 Å². The summed E-state index contributed by atoms with van der Waals surface area (Å²) >= 11 is 0. The lowest BCUT2D eigenvalue weighted by Gasteiger charge is -2.20. The Balaban J connectivity index is 4.43. The maximum atomic E-state index is 11.2. The summed E-state index contributed by atoms with van der Waals surface area (Å²) in [6.07, 6.45) is 2.18. The zero-order valence-electron chi connectivity index (χ0n) is 10.4. The molecule has 0 spiro atoms. The van der Waals surface area contributed by atoms with Gasteiger partial charge in [-0.2, -0.15) is 0 Å². The lowest BCUT2D eigenvalue weighted by molar-refractivity contribution is -0.137. The average molecular weight is 214 g/mol. The maximum absolute atomic E-state index is 11.2. The van der Waals surface area contributed by atoms with Crippen molar-refractivity contribution in [1.29, 1.82) is 0 Å². The summed E-state index contributed by atoms with van der Waals surface area (Å²) < 4.78 is 10.2. The van der Waals surface area contributed by atoms with Crippen LogP contribution in [0.1, 0.15) is 41.0 Å². The van der Waals surface area contributed by atoms with Crippen molar-refractivity contribution < 1.29 is 14.3 Å². The van der Waals surface area contributed by atoms with Crippen molar-refractivity contribution >= 4 is 5.97 Å². The molecular weight excluding hydrogens is 192 g/mol. The Morgan fingerprint density at radius 1 is 1.13 bits per heavy atom. The van der Waals surface area contributed by atoms with Crippen LogP contribution in [0.25, 0.3) is 0 Å². The second kappa shape index (κ2) is 6.49. The summed E-state index contributed by atoms with van der Waals surface area (Å²) in [7, 11) is 0. The van der Waals surface area contributed by atoms with E-state index in [2.05, 4.69) is 20.8 Å². The quantitative estimate of drug-likeness (QED) is 0.401. The van der Waals surface area contributed by atoms with E-state index < -0.39 is 0 Å². The minimum atomic E-state index is -0.329. The molecule has 0 aromatic rings. The number of carbonyl (C=O) groups is 1. The van der Waals surface area contributed by atoms with E-state index in [4.69, 9.17) is 9.47 Å². The first kappa shape index (κ1) is 14.0. The molecule has 3 nitrogen and oxygen atoms in total. The molecule has 0 unspecified atom stereocenters. The third kappa shape index (κ3) is 8.03. The highest BCUT2D eigenvalue weighted by Crippen LogP contribution is 2.24. The second-order valence-corrected chi connectivity index (χ2v) is 4.53. The number of rotatable bonds is 5. The van der Waals surface area contributed by atoms with E-state index in [0.29, 0.717) is 19.0 Å². The molecule has 0 aliphatic carbocycles. The largest absolute Gasteiger partial charge is 0.498 e. The Labute approximate surface area is 92.5 Å². The fourth-order valence-corrected chi connectivity index (χ4v) is 1.17. The first-order chi connectivity index (χ1) is 6.89. The van der Waals surface area contributed by atoms with E-state index in [1.54, 1.807) is 6.92 Å². The molecular formula is C12H22O3. The number of esters is 1. The SMILES string of the molecule is CCOC(=O)C=C(CC(C)(C)C)OCC. The van der Waals surface area contributed by atoms with Crippen LogP contribution in [0.4, 0.5) is 0 Å². The molecule has 0 radical (unpaired) electrons. The predicted octanol–water partition coefficient (Wildman–Crippen LogP) is 2.91. The van der Waals surface area contributed by atoms with Crippen molar-refractivity contribution in [1.82, 2.24) is 0 Å². The van der Waals surface area contributed by atoms with Gasteiger partial charge in [0, 0.05) is 6.42 Å². The van der Waals surface area contributed by atoms with Crippen molar-refractivity contribution in [2.75, 3.05) is 13.2 Å². The van der Waals surface area contributed by atoms with Crippen LogP contribution in [0, 0.1) is 5.41 Å². The van der Waals surface area contributed by atoms with Gasteiger partial charge in [0.05, 0.1) is 19.3 Å². The monoisotopic (exact) mass is 214 g/mol. The number of hydrogen-bond donors (Lipinski definition) is 0. The molecule has 0 aromatic carbocycles. The molecule has 0 aromatic heterocycles.